The molecule has 0 N–H and O–H groups in total. The number of fused-ring (bicyclic) bond motifs is 6. The topological polar surface area (TPSA) is 0 Å². The van der Waals surface area contributed by atoms with Gasteiger partial charge in [-0.3, -0.25) is 0 Å². The van der Waals surface area contributed by atoms with Crippen LogP contribution in [0.5, 0.6) is 0 Å². The molecule has 0 unspecified atom stereocenters. The molecule has 0 spiro atoms. The summed E-state index contributed by atoms with van der Waals surface area (Å²) >= 11 is 7.38. The first-order valence-corrected chi connectivity index (χ1v) is 21.8. The summed E-state index contributed by atoms with van der Waals surface area (Å²) in [6.45, 7) is 17.1. The van der Waals surface area contributed by atoms with Gasteiger partial charge in [-0.15, -0.1) is 0 Å². The van der Waals surface area contributed by atoms with Crippen molar-refractivity contribution in [2.24, 2.45) is 0 Å². The van der Waals surface area contributed by atoms with Crippen LogP contribution in [0.2, 0.25) is 0 Å². The number of halogens is 8. The van der Waals surface area contributed by atoms with Crippen LogP contribution >= 0.6 is 31.9 Å². The smallest absolute Gasteiger partial charge is 0.171 e. The molecule has 0 radical (unpaired) electrons. The molecule has 5 aromatic carbocycles. The van der Waals surface area contributed by atoms with Crippen molar-refractivity contribution in [3.8, 4) is 22.3 Å². The molecule has 0 aromatic heterocycles. The lowest BCUT2D eigenvalue weighted by Crippen LogP contribution is -2.30. The van der Waals surface area contributed by atoms with Crippen LogP contribution in [0, 0.1) is 0 Å². The van der Waals surface area contributed by atoms with Crippen LogP contribution in [0.25, 0.3) is 22.3 Å². The van der Waals surface area contributed by atoms with Gasteiger partial charge in [-0.25, -0.2) is 0 Å². The highest BCUT2D eigenvalue weighted by Gasteiger charge is 2.50. The molecular formula is C50H52Br2F6. The van der Waals surface area contributed by atoms with Crippen molar-refractivity contribution in [3.63, 3.8) is 0 Å². The van der Waals surface area contributed by atoms with Gasteiger partial charge in [0.15, 0.2) is 0 Å². The summed E-state index contributed by atoms with van der Waals surface area (Å²) in [5.74, 6) is 0. The summed E-state index contributed by atoms with van der Waals surface area (Å²) in [5, 5.41) is 0. The molecule has 58 heavy (non-hydrogen) atoms. The molecule has 0 heterocycles. The van der Waals surface area contributed by atoms with E-state index in [9.17, 15) is 26.3 Å². The highest BCUT2D eigenvalue weighted by atomic mass is 79.9. The second-order valence-corrected chi connectivity index (χ2v) is 19.6. The van der Waals surface area contributed by atoms with Gasteiger partial charge < -0.3 is 0 Å². The fraction of sp³-hybridized carbons (Fsp3) is 0.400. The van der Waals surface area contributed by atoms with E-state index in [2.05, 4.69) is 146 Å². The van der Waals surface area contributed by atoms with Gasteiger partial charge in [-0.2, -0.15) is 26.3 Å². The summed E-state index contributed by atoms with van der Waals surface area (Å²) in [7, 11) is 0. The average molecular weight is 927 g/mol. The molecule has 308 valence electrons. The van der Waals surface area contributed by atoms with Crippen molar-refractivity contribution >= 4 is 31.9 Å². The maximum Gasteiger partial charge on any atom is 0.389 e. The summed E-state index contributed by atoms with van der Waals surface area (Å²) in [6.07, 6.45) is -11.1. The van der Waals surface area contributed by atoms with Crippen molar-refractivity contribution in [3.05, 3.63) is 151 Å². The van der Waals surface area contributed by atoms with E-state index in [4.69, 9.17) is 0 Å². The van der Waals surface area contributed by atoms with Gasteiger partial charge in [0.25, 0.3) is 0 Å². The van der Waals surface area contributed by atoms with E-state index in [0.29, 0.717) is 0 Å². The summed E-state index contributed by atoms with van der Waals surface area (Å²) in [5.41, 5.74) is 9.86. The summed E-state index contributed by atoms with van der Waals surface area (Å²) < 4.78 is 84.0. The maximum absolute atomic E-state index is 13.7. The Hall–Kier alpha value is -3.36. The quantitative estimate of drug-likeness (QED) is 0.133. The van der Waals surface area contributed by atoms with Crippen LogP contribution in [0.1, 0.15) is 138 Å². The second kappa shape index (κ2) is 15.9. The number of alkyl halides is 6. The Morgan fingerprint density at radius 1 is 0.448 bits per heavy atom. The first-order valence-electron chi connectivity index (χ1n) is 20.2. The minimum atomic E-state index is -4.39. The molecule has 0 aliphatic heterocycles. The molecule has 0 atom stereocenters. The molecular weight excluding hydrogens is 874 g/mol. The van der Waals surface area contributed by atoms with Gasteiger partial charge in [-0.05, 0) is 140 Å². The number of benzene rings is 5. The highest BCUT2D eigenvalue weighted by molar-refractivity contribution is 9.10. The Morgan fingerprint density at radius 2 is 0.793 bits per heavy atom. The third kappa shape index (κ3) is 8.23. The molecule has 8 heteroatoms. The Balaban J connectivity index is 0.00000279. The van der Waals surface area contributed by atoms with Gasteiger partial charge in [0, 0.05) is 27.2 Å². The van der Waals surface area contributed by atoms with E-state index in [-0.39, 0.29) is 36.5 Å². The lowest BCUT2D eigenvalue weighted by Gasteiger charge is -2.36. The molecule has 0 nitrogen and oxygen atoms in total. The van der Waals surface area contributed by atoms with Gasteiger partial charge in [0.1, 0.15) is 0 Å². The molecule has 5 aromatic rings. The Labute approximate surface area is 357 Å². The molecule has 7 rings (SSSR count). The van der Waals surface area contributed by atoms with Crippen LogP contribution in [0.3, 0.4) is 0 Å². The van der Waals surface area contributed by atoms with E-state index in [0.717, 1.165) is 64.6 Å². The Bertz CT molecular complexity index is 2190. The third-order valence-corrected chi connectivity index (χ3v) is 13.0. The van der Waals surface area contributed by atoms with Crippen molar-refractivity contribution < 1.29 is 26.3 Å². The van der Waals surface area contributed by atoms with Gasteiger partial charge >= 0.3 is 12.4 Å². The standard InChI is InChI=1S/C48H46Br2F6.C2H6/c1-43(2,3)29-9-13-31(14-10-29)48(32-15-11-30(12-16-32)44(4,5)6)41-26-34(50)18-20-36(41)38-27-40-37(28-42(38)48)35-19-17-33(49)25-39(35)45(40,21-7-23-46(51,52)53)22-8-24-47(54,55)56;1-2/h9-20,25-28H,7-8,21-24H2,1-6H3;1-2H3. The molecule has 0 fully saturated rings. The first kappa shape index (κ1) is 44.2. The second-order valence-electron chi connectivity index (χ2n) is 17.7. The maximum atomic E-state index is 13.7. The normalized spacial score (nSPS) is 15.2. The zero-order valence-electron chi connectivity index (χ0n) is 34.5. The van der Waals surface area contributed by atoms with Crippen LogP contribution < -0.4 is 0 Å². The van der Waals surface area contributed by atoms with Crippen LogP contribution in [0.15, 0.2) is 106 Å². The van der Waals surface area contributed by atoms with Crippen molar-refractivity contribution in [1.29, 1.82) is 0 Å². The Morgan fingerprint density at radius 3 is 1.21 bits per heavy atom. The average Bonchev–Trinajstić information content (AvgIpc) is 3.56. The minimum Gasteiger partial charge on any atom is -0.171 e. The number of hydrogen-bond acceptors (Lipinski definition) is 0. The summed E-state index contributed by atoms with van der Waals surface area (Å²) in [4.78, 5) is 0. The first-order chi connectivity index (χ1) is 27.0. The van der Waals surface area contributed by atoms with Crippen LogP contribution in [-0.2, 0) is 21.7 Å². The predicted octanol–water partition coefficient (Wildman–Crippen LogP) is 16.9. The van der Waals surface area contributed by atoms with Gasteiger partial charge in [-0.1, -0.05) is 148 Å². The van der Waals surface area contributed by atoms with Crippen molar-refractivity contribution in [1.82, 2.24) is 0 Å². The number of rotatable bonds is 8. The third-order valence-electron chi connectivity index (χ3n) is 12.0. The molecule has 0 saturated carbocycles. The van der Waals surface area contributed by atoms with Crippen LogP contribution in [-0.4, -0.2) is 12.4 Å². The van der Waals surface area contributed by atoms with Gasteiger partial charge in [0.2, 0.25) is 0 Å². The molecule has 2 aliphatic carbocycles. The fourth-order valence-corrected chi connectivity index (χ4v) is 10.0. The van der Waals surface area contributed by atoms with E-state index in [1.165, 1.54) is 11.1 Å². The predicted molar refractivity (Wildman–Crippen MR) is 234 cm³/mol. The minimum absolute atomic E-state index is 0.0699. The monoisotopic (exact) mass is 924 g/mol. The summed E-state index contributed by atoms with van der Waals surface area (Å²) in [6, 6.07) is 34.0. The van der Waals surface area contributed by atoms with Gasteiger partial charge in [0.05, 0.1) is 5.41 Å². The zero-order chi connectivity index (χ0) is 42.6. The molecule has 0 amide bonds. The van der Waals surface area contributed by atoms with E-state index < -0.39 is 36.0 Å². The fourth-order valence-electron chi connectivity index (χ4n) is 9.32. The zero-order valence-corrected chi connectivity index (χ0v) is 37.7. The Kier molecular flexibility index (Phi) is 12.1. The lowest BCUT2D eigenvalue weighted by atomic mass is 9.66. The number of hydrogen-bond donors (Lipinski definition) is 0. The van der Waals surface area contributed by atoms with E-state index in [1.54, 1.807) is 0 Å². The SMILES string of the molecule is CC.CC(C)(C)c1ccc(C2(c3ccc(C(C)(C)C)cc3)c3cc(Br)ccc3-c3cc4c(cc32)-c2ccc(Br)cc2C4(CCCC(F)(F)F)CCCC(F)(F)F)cc1. The van der Waals surface area contributed by atoms with Crippen molar-refractivity contribution in [2.75, 3.05) is 0 Å². The largest absolute Gasteiger partial charge is 0.389 e. The van der Waals surface area contributed by atoms with Crippen LogP contribution in [0.4, 0.5) is 26.3 Å². The molecule has 0 bridgehead atoms. The van der Waals surface area contributed by atoms with E-state index in [1.807, 2.05) is 38.1 Å². The molecule has 0 saturated heterocycles. The van der Waals surface area contributed by atoms with Crippen molar-refractivity contribution in [2.45, 2.75) is 128 Å². The van der Waals surface area contributed by atoms with E-state index >= 15 is 0 Å². The molecule has 2 aliphatic rings. The lowest BCUT2D eigenvalue weighted by molar-refractivity contribution is -0.136. The highest BCUT2D eigenvalue weighted by Crippen LogP contribution is 2.62.